The van der Waals surface area contributed by atoms with Crippen LogP contribution >= 0.6 is 0 Å². The number of sulfone groups is 1. The van der Waals surface area contributed by atoms with Gasteiger partial charge >= 0.3 is 5.97 Å². The highest BCUT2D eigenvalue weighted by Gasteiger charge is 2.42. The summed E-state index contributed by atoms with van der Waals surface area (Å²) in [5.41, 5.74) is -0.385. The molecule has 1 N–H and O–H groups in total. The summed E-state index contributed by atoms with van der Waals surface area (Å²) in [5, 5.41) is 8.83. The smallest absolute Gasteiger partial charge is 0.324 e. The maximum atomic E-state index is 13.3. The van der Waals surface area contributed by atoms with Crippen LogP contribution in [0.2, 0.25) is 0 Å². The van der Waals surface area contributed by atoms with Crippen molar-refractivity contribution in [3.05, 3.63) is 35.4 Å². The molecule has 7 heteroatoms. The lowest BCUT2D eigenvalue weighted by Crippen LogP contribution is -2.41. The number of hydrogen-bond donors (Lipinski definition) is 1. The zero-order chi connectivity index (χ0) is 14.1. The fraction of sp³-hybridized carbons (Fsp3) is 0.364. The molecule has 4 nitrogen and oxygen atoms in total. The molecule has 0 aromatic heterocycles. The van der Waals surface area contributed by atoms with Crippen molar-refractivity contribution in [2.75, 3.05) is 0 Å². The van der Waals surface area contributed by atoms with Gasteiger partial charge in [0.1, 0.15) is 11.6 Å². The molecular formula is C11H12F2O4S. The lowest BCUT2D eigenvalue weighted by molar-refractivity contribution is -0.139. The van der Waals surface area contributed by atoms with Gasteiger partial charge in [0, 0.05) is 5.56 Å². The summed E-state index contributed by atoms with van der Waals surface area (Å²) in [5.74, 6) is -4.08. The first-order chi connectivity index (χ1) is 8.08. The van der Waals surface area contributed by atoms with Crippen LogP contribution in [0.3, 0.4) is 0 Å². The lowest BCUT2D eigenvalue weighted by atomic mass is 10.2. The van der Waals surface area contributed by atoms with E-state index in [2.05, 4.69) is 0 Å². The summed E-state index contributed by atoms with van der Waals surface area (Å²) >= 11 is 0. The summed E-state index contributed by atoms with van der Waals surface area (Å²) in [6.07, 6.45) is 0. The van der Waals surface area contributed by atoms with Crippen LogP contribution in [-0.2, 0) is 20.4 Å². The monoisotopic (exact) mass is 278 g/mol. The number of rotatable bonds is 4. The summed E-state index contributed by atoms with van der Waals surface area (Å²) in [7, 11) is -4.16. The van der Waals surface area contributed by atoms with Crippen LogP contribution in [0.1, 0.15) is 19.4 Å². The van der Waals surface area contributed by atoms with Gasteiger partial charge in [-0.2, -0.15) is 0 Å². The Hall–Kier alpha value is -1.50. The Balaban J connectivity index is 3.18. The van der Waals surface area contributed by atoms with Crippen molar-refractivity contribution in [2.45, 2.75) is 24.3 Å². The molecule has 0 spiro atoms. The fourth-order valence-corrected chi connectivity index (χ4v) is 2.43. The highest BCUT2D eigenvalue weighted by molar-refractivity contribution is 7.92. The fourth-order valence-electron chi connectivity index (χ4n) is 1.17. The van der Waals surface area contributed by atoms with Crippen molar-refractivity contribution in [3.63, 3.8) is 0 Å². The Morgan fingerprint density at radius 3 is 2.39 bits per heavy atom. The van der Waals surface area contributed by atoms with E-state index >= 15 is 0 Å². The van der Waals surface area contributed by atoms with E-state index in [0.717, 1.165) is 32.0 Å². The number of carbonyl (C=O) groups is 1. The molecule has 0 unspecified atom stereocenters. The molecule has 1 aromatic carbocycles. The van der Waals surface area contributed by atoms with Crippen molar-refractivity contribution >= 4 is 15.8 Å². The van der Waals surface area contributed by atoms with Gasteiger partial charge in [-0.1, -0.05) is 0 Å². The molecule has 0 amide bonds. The normalized spacial score (nSPS) is 12.4. The zero-order valence-electron chi connectivity index (χ0n) is 9.78. The highest BCUT2D eigenvalue weighted by atomic mass is 32.2. The van der Waals surface area contributed by atoms with Crippen LogP contribution in [0.15, 0.2) is 18.2 Å². The first kappa shape index (κ1) is 14.6. The molecule has 0 aliphatic heterocycles. The molecule has 0 atom stereocenters. The average Bonchev–Trinajstić information content (AvgIpc) is 2.22. The molecule has 1 aromatic rings. The van der Waals surface area contributed by atoms with Gasteiger partial charge < -0.3 is 5.11 Å². The molecule has 0 radical (unpaired) electrons. The Morgan fingerprint density at radius 2 is 1.89 bits per heavy atom. The predicted octanol–water partition coefficient (Wildman–Crippen LogP) is 1.74. The second-order valence-electron chi connectivity index (χ2n) is 4.31. The number of carboxylic acid groups (broad SMARTS) is 1. The van der Waals surface area contributed by atoms with E-state index in [1.54, 1.807) is 0 Å². The molecule has 18 heavy (non-hydrogen) atoms. The lowest BCUT2D eigenvalue weighted by Gasteiger charge is -2.19. The van der Waals surface area contributed by atoms with Gasteiger partial charge in [-0.3, -0.25) is 4.79 Å². The van der Waals surface area contributed by atoms with Crippen molar-refractivity contribution < 1.29 is 27.1 Å². The van der Waals surface area contributed by atoms with E-state index in [1.165, 1.54) is 0 Å². The molecule has 0 aliphatic carbocycles. The second-order valence-corrected chi connectivity index (χ2v) is 6.85. The van der Waals surface area contributed by atoms with Gasteiger partial charge in [0.05, 0.1) is 5.75 Å². The Morgan fingerprint density at radius 1 is 1.33 bits per heavy atom. The highest BCUT2D eigenvalue weighted by Crippen LogP contribution is 2.23. The SMILES string of the molecule is CC(C)(C(=O)O)S(=O)(=O)Cc1cc(F)ccc1F. The third-order valence-electron chi connectivity index (χ3n) is 2.65. The summed E-state index contributed by atoms with van der Waals surface area (Å²) in [4.78, 5) is 10.9. The molecule has 100 valence electrons. The van der Waals surface area contributed by atoms with Crippen molar-refractivity contribution in [1.29, 1.82) is 0 Å². The van der Waals surface area contributed by atoms with Gasteiger partial charge in [0.25, 0.3) is 0 Å². The van der Waals surface area contributed by atoms with Crippen LogP contribution in [0, 0.1) is 11.6 Å². The van der Waals surface area contributed by atoms with Gasteiger partial charge in [-0.15, -0.1) is 0 Å². The average molecular weight is 278 g/mol. The van der Waals surface area contributed by atoms with E-state index in [0.29, 0.717) is 0 Å². The Kier molecular flexibility index (Phi) is 3.75. The van der Waals surface area contributed by atoms with Crippen LogP contribution < -0.4 is 0 Å². The third-order valence-corrected chi connectivity index (χ3v) is 5.07. The van der Waals surface area contributed by atoms with Crippen molar-refractivity contribution in [1.82, 2.24) is 0 Å². The molecule has 0 bridgehead atoms. The van der Waals surface area contributed by atoms with Crippen LogP contribution in [0.4, 0.5) is 8.78 Å². The summed E-state index contributed by atoms with van der Waals surface area (Å²) < 4.78 is 47.9. The molecule has 0 saturated heterocycles. The summed E-state index contributed by atoms with van der Waals surface area (Å²) in [6, 6.07) is 2.40. The first-order valence-electron chi connectivity index (χ1n) is 4.97. The minimum atomic E-state index is -4.16. The number of hydrogen-bond acceptors (Lipinski definition) is 3. The molecule has 0 heterocycles. The Labute approximate surface area is 103 Å². The molecular weight excluding hydrogens is 266 g/mol. The predicted molar refractivity (Wildman–Crippen MR) is 60.7 cm³/mol. The van der Waals surface area contributed by atoms with Gasteiger partial charge in [-0.05, 0) is 32.0 Å². The largest absolute Gasteiger partial charge is 0.480 e. The van der Waals surface area contributed by atoms with Crippen molar-refractivity contribution in [2.24, 2.45) is 0 Å². The topological polar surface area (TPSA) is 71.4 Å². The third kappa shape index (κ3) is 2.66. The molecule has 0 saturated carbocycles. The Bertz CT molecular complexity index is 579. The van der Waals surface area contributed by atoms with E-state index < -0.39 is 37.9 Å². The second kappa shape index (κ2) is 4.64. The number of aliphatic carboxylic acids is 1. The summed E-state index contributed by atoms with van der Waals surface area (Å²) in [6.45, 7) is 2.00. The van der Waals surface area contributed by atoms with Crippen LogP contribution in [-0.4, -0.2) is 24.2 Å². The van der Waals surface area contributed by atoms with Gasteiger partial charge in [0.2, 0.25) is 0 Å². The van der Waals surface area contributed by atoms with Gasteiger partial charge in [-0.25, -0.2) is 17.2 Å². The van der Waals surface area contributed by atoms with Gasteiger partial charge in [0.15, 0.2) is 14.6 Å². The number of carboxylic acids is 1. The standard InChI is InChI=1S/C11H12F2O4S/c1-11(2,10(14)15)18(16,17)6-7-5-8(12)3-4-9(7)13/h3-5H,6H2,1-2H3,(H,14,15). The minimum absolute atomic E-state index is 0.385. The van der Waals surface area contributed by atoms with E-state index in [4.69, 9.17) is 5.11 Å². The number of benzene rings is 1. The number of halogens is 2. The van der Waals surface area contributed by atoms with E-state index in [1.807, 2.05) is 0 Å². The first-order valence-corrected chi connectivity index (χ1v) is 6.63. The zero-order valence-corrected chi connectivity index (χ0v) is 10.6. The van der Waals surface area contributed by atoms with Crippen molar-refractivity contribution in [3.8, 4) is 0 Å². The molecule has 0 fully saturated rings. The minimum Gasteiger partial charge on any atom is -0.480 e. The maximum Gasteiger partial charge on any atom is 0.324 e. The van der Waals surface area contributed by atoms with E-state index in [-0.39, 0.29) is 5.56 Å². The maximum absolute atomic E-state index is 13.3. The van der Waals surface area contributed by atoms with E-state index in [9.17, 15) is 22.0 Å². The molecule has 1 rings (SSSR count). The quantitative estimate of drug-likeness (QED) is 0.910. The molecule has 0 aliphatic rings. The van der Waals surface area contributed by atoms with Crippen LogP contribution in [0.5, 0.6) is 0 Å². The van der Waals surface area contributed by atoms with Crippen LogP contribution in [0.25, 0.3) is 0 Å².